The summed E-state index contributed by atoms with van der Waals surface area (Å²) in [4.78, 5) is 24.8. The molecule has 1 aromatic heterocycles. The van der Waals surface area contributed by atoms with Crippen LogP contribution >= 0.6 is 11.3 Å². The van der Waals surface area contributed by atoms with Crippen LogP contribution in [0.3, 0.4) is 0 Å². The fourth-order valence-corrected chi connectivity index (χ4v) is 1.96. The minimum Gasteiger partial charge on any atom is -0.497 e. The zero-order valence-electron chi connectivity index (χ0n) is 10.1. The van der Waals surface area contributed by atoms with Crippen LogP contribution in [0.25, 0.3) is 0 Å². The molecule has 0 amide bonds. The summed E-state index contributed by atoms with van der Waals surface area (Å²) in [7, 11) is 1.41. The van der Waals surface area contributed by atoms with Crippen LogP contribution in [-0.2, 0) is 0 Å². The van der Waals surface area contributed by atoms with Crippen molar-refractivity contribution < 1.29 is 24.3 Å². The van der Waals surface area contributed by atoms with Gasteiger partial charge < -0.3 is 14.6 Å². The standard InChI is InChI=1S/C11H8N2O6S/c1-18-6-2-3-8(7(4-6)10(14)15)19-11-12-5-9(20-11)13(16)17/h2-5H,1H3,(H,14,15). The largest absolute Gasteiger partial charge is 0.497 e. The average Bonchev–Trinajstić information content (AvgIpc) is 2.87. The molecule has 0 spiro atoms. The van der Waals surface area contributed by atoms with Gasteiger partial charge in [0, 0.05) is 0 Å². The molecule has 0 saturated carbocycles. The second-order valence-electron chi connectivity index (χ2n) is 3.49. The van der Waals surface area contributed by atoms with Gasteiger partial charge in [-0.05, 0) is 29.5 Å². The third kappa shape index (κ3) is 2.83. The average molecular weight is 296 g/mol. The van der Waals surface area contributed by atoms with Crippen molar-refractivity contribution in [1.82, 2.24) is 4.98 Å². The van der Waals surface area contributed by atoms with E-state index in [-0.39, 0.29) is 21.5 Å². The zero-order valence-corrected chi connectivity index (χ0v) is 10.9. The number of nitrogens with zero attached hydrogens (tertiary/aromatic N) is 2. The number of aromatic carboxylic acids is 1. The van der Waals surface area contributed by atoms with E-state index in [0.29, 0.717) is 17.1 Å². The summed E-state index contributed by atoms with van der Waals surface area (Å²) in [6.07, 6.45) is 1.05. The summed E-state index contributed by atoms with van der Waals surface area (Å²) in [6.45, 7) is 0. The third-order valence-corrected chi connectivity index (χ3v) is 3.09. The Labute approximate surface area is 116 Å². The molecule has 104 valence electrons. The molecule has 0 saturated heterocycles. The summed E-state index contributed by atoms with van der Waals surface area (Å²) in [6, 6.07) is 4.21. The van der Waals surface area contributed by atoms with E-state index >= 15 is 0 Å². The quantitative estimate of drug-likeness (QED) is 0.666. The predicted molar refractivity (Wildman–Crippen MR) is 68.8 cm³/mol. The first-order chi connectivity index (χ1) is 9.51. The lowest BCUT2D eigenvalue weighted by atomic mass is 10.2. The summed E-state index contributed by atoms with van der Waals surface area (Å²) in [5.74, 6) is -0.813. The normalized spacial score (nSPS) is 10.1. The number of carbonyl (C=O) groups is 1. The van der Waals surface area contributed by atoms with Crippen molar-refractivity contribution in [2.75, 3.05) is 7.11 Å². The zero-order chi connectivity index (χ0) is 14.7. The lowest BCUT2D eigenvalue weighted by molar-refractivity contribution is -0.380. The van der Waals surface area contributed by atoms with Crippen molar-refractivity contribution >= 4 is 22.3 Å². The maximum absolute atomic E-state index is 11.1. The van der Waals surface area contributed by atoms with Crippen molar-refractivity contribution in [3.63, 3.8) is 0 Å². The highest BCUT2D eigenvalue weighted by molar-refractivity contribution is 7.16. The molecule has 1 aromatic carbocycles. The highest BCUT2D eigenvalue weighted by Gasteiger charge is 2.17. The minimum absolute atomic E-state index is 0.00985. The second kappa shape index (κ2) is 5.53. The fraction of sp³-hybridized carbons (Fsp3) is 0.0909. The number of nitro groups is 1. The lowest BCUT2D eigenvalue weighted by Crippen LogP contribution is -2.00. The SMILES string of the molecule is COc1ccc(Oc2ncc([N+](=O)[O-])s2)c(C(=O)O)c1. The predicted octanol–water partition coefficient (Wildman–Crippen LogP) is 2.55. The summed E-state index contributed by atoms with van der Waals surface area (Å²) < 4.78 is 10.2. The number of carboxylic acids is 1. The Morgan fingerprint density at radius 1 is 1.50 bits per heavy atom. The van der Waals surface area contributed by atoms with Gasteiger partial charge in [-0.15, -0.1) is 0 Å². The second-order valence-corrected chi connectivity index (χ2v) is 4.46. The van der Waals surface area contributed by atoms with E-state index in [1.165, 1.54) is 25.3 Å². The molecule has 0 aliphatic heterocycles. The molecule has 2 rings (SSSR count). The van der Waals surface area contributed by atoms with Gasteiger partial charge in [0.15, 0.2) is 0 Å². The smallest absolute Gasteiger partial charge is 0.347 e. The van der Waals surface area contributed by atoms with E-state index in [1.54, 1.807) is 0 Å². The Morgan fingerprint density at radius 3 is 2.80 bits per heavy atom. The first-order valence-electron chi connectivity index (χ1n) is 5.20. The van der Waals surface area contributed by atoms with Crippen LogP contribution in [0.1, 0.15) is 10.4 Å². The van der Waals surface area contributed by atoms with Crippen LogP contribution in [0.2, 0.25) is 0 Å². The molecule has 20 heavy (non-hydrogen) atoms. The molecule has 0 radical (unpaired) electrons. The molecule has 1 heterocycles. The van der Waals surface area contributed by atoms with E-state index in [1.807, 2.05) is 0 Å². The number of hydrogen-bond donors (Lipinski definition) is 1. The fourth-order valence-electron chi connectivity index (χ4n) is 1.37. The monoisotopic (exact) mass is 296 g/mol. The molecule has 0 atom stereocenters. The maximum Gasteiger partial charge on any atom is 0.347 e. The lowest BCUT2D eigenvalue weighted by Gasteiger charge is -2.07. The molecule has 8 nitrogen and oxygen atoms in total. The van der Waals surface area contributed by atoms with E-state index in [2.05, 4.69) is 4.98 Å². The van der Waals surface area contributed by atoms with E-state index in [0.717, 1.165) is 6.20 Å². The van der Waals surface area contributed by atoms with Crippen LogP contribution in [0.4, 0.5) is 5.00 Å². The van der Waals surface area contributed by atoms with Crippen LogP contribution in [0, 0.1) is 10.1 Å². The molecule has 0 fully saturated rings. The van der Waals surface area contributed by atoms with Gasteiger partial charge in [-0.25, -0.2) is 9.78 Å². The minimum atomic E-state index is -1.20. The Morgan fingerprint density at radius 2 is 2.25 bits per heavy atom. The number of carboxylic acid groups (broad SMARTS) is 1. The maximum atomic E-state index is 11.1. The third-order valence-electron chi connectivity index (χ3n) is 2.27. The van der Waals surface area contributed by atoms with Crippen molar-refractivity contribution in [2.24, 2.45) is 0 Å². The highest BCUT2D eigenvalue weighted by atomic mass is 32.1. The van der Waals surface area contributed by atoms with Crippen molar-refractivity contribution in [3.05, 3.63) is 40.1 Å². The van der Waals surface area contributed by atoms with Crippen LogP contribution in [0.5, 0.6) is 16.7 Å². The first-order valence-corrected chi connectivity index (χ1v) is 6.02. The van der Waals surface area contributed by atoms with Crippen molar-refractivity contribution in [3.8, 4) is 16.7 Å². The number of benzene rings is 1. The number of methoxy groups -OCH3 is 1. The van der Waals surface area contributed by atoms with E-state index < -0.39 is 10.9 Å². The van der Waals surface area contributed by atoms with Gasteiger partial charge >= 0.3 is 11.0 Å². The molecule has 9 heteroatoms. The van der Waals surface area contributed by atoms with Gasteiger partial charge in [-0.1, -0.05) is 0 Å². The molecular weight excluding hydrogens is 288 g/mol. The van der Waals surface area contributed by atoms with Crippen LogP contribution in [0.15, 0.2) is 24.4 Å². The summed E-state index contributed by atoms with van der Waals surface area (Å²) in [5, 5.41) is 19.4. The van der Waals surface area contributed by atoms with Gasteiger partial charge in [0.05, 0.1) is 12.0 Å². The number of hydrogen-bond acceptors (Lipinski definition) is 7. The molecule has 0 bridgehead atoms. The Kier molecular flexibility index (Phi) is 3.80. The van der Waals surface area contributed by atoms with E-state index in [4.69, 9.17) is 14.6 Å². The summed E-state index contributed by atoms with van der Waals surface area (Å²) >= 11 is 0.710. The van der Waals surface area contributed by atoms with Gasteiger partial charge in [0.2, 0.25) is 0 Å². The van der Waals surface area contributed by atoms with Gasteiger partial charge in [-0.3, -0.25) is 10.1 Å². The van der Waals surface area contributed by atoms with Crippen molar-refractivity contribution in [1.29, 1.82) is 0 Å². The summed E-state index contributed by atoms with van der Waals surface area (Å²) in [5.41, 5.74) is -0.123. The molecule has 2 aromatic rings. The van der Waals surface area contributed by atoms with E-state index in [9.17, 15) is 14.9 Å². The molecule has 0 aliphatic carbocycles. The van der Waals surface area contributed by atoms with Crippen LogP contribution in [-0.4, -0.2) is 28.1 Å². The molecular formula is C11H8N2O6S. The van der Waals surface area contributed by atoms with Gasteiger partial charge in [0.1, 0.15) is 23.3 Å². The Hall–Kier alpha value is -2.68. The topological polar surface area (TPSA) is 112 Å². The van der Waals surface area contributed by atoms with Crippen LogP contribution < -0.4 is 9.47 Å². The Balaban J connectivity index is 2.32. The number of aromatic nitrogens is 1. The van der Waals surface area contributed by atoms with Gasteiger partial charge in [0.25, 0.3) is 5.19 Å². The van der Waals surface area contributed by atoms with Crippen molar-refractivity contribution in [2.45, 2.75) is 0 Å². The number of ether oxygens (including phenoxy) is 2. The molecule has 0 aliphatic rings. The highest BCUT2D eigenvalue weighted by Crippen LogP contribution is 2.33. The Bertz CT molecular complexity index is 669. The number of thiazole rings is 1. The number of rotatable bonds is 5. The molecule has 0 unspecified atom stereocenters. The molecule has 1 N–H and O–H groups in total. The first kappa shape index (κ1) is 13.7. The van der Waals surface area contributed by atoms with Gasteiger partial charge in [-0.2, -0.15) is 0 Å².